The zero-order valence-corrected chi connectivity index (χ0v) is 19.2. The number of ether oxygens (including phenoxy) is 1. The molecule has 0 saturated heterocycles. The fraction of sp³-hybridized carbons (Fsp3) is 0.385. The van der Waals surface area contributed by atoms with Crippen molar-refractivity contribution < 1.29 is 31.5 Å². The van der Waals surface area contributed by atoms with E-state index in [1.807, 2.05) is 0 Å². The van der Waals surface area contributed by atoms with E-state index in [1.165, 1.54) is 12.1 Å². The van der Waals surface area contributed by atoms with Crippen molar-refractivity contribution in [3.05, 3.63) is 64.3 Å². The van der Waals surface area contributed by atoms with Gasteiger partial charge >= 0.3 is 6.18 Å². The number of nitrogens with one attached hydrogen (secondary N) is 1. The molecular weight excluding hydrogens is 466 g/mol. The van der Waals surface area contributed by atoms with Crippen LogP contribution in [0.3, 0.4) is 0 Å². The molecule has 1 saturated carbocycles. The van der Waals surface area contributed by atoms with Gasteiger partial charge in [0.25, 0.3) is 5.91 Å². The highest BCUT2D eigenvalue weighted by Crippen LogP contribution is 2.38. The lowest BCUT2D eigenvalue weighted by Crippen LogP contribution is -2.45. The first kappa shape index (κ1) is 24.8. The number of alkyl halides is 3. The minimum atomic E-state index is -4.97. The molecule has 5 nitrogen and oxygen atoms in total. The molecule has 4 rings (SSSR count). The summed E-state index contributed by atoms with van der Waals surface area (Å²) in [5, 5.41) is 2.86. The van der Waals surface area contributed by atoms with Gasteiger partial charge in [0.15, 0.2) is 6.61 Å². The summed E-state index contributed by atoms with van der Waals surface area (Å²) in [5.41, 5.74) is -2.05. The fourth-order valence-electron chi connectivity index (χ4n) is 4.52. The summed E-state index contributed by atoms with van der Waals surface area (Å²) < 4.78 is 65.2. The van der Waals surface area contributed by atoms with Crippen molar-refractivity contribution in [2.45, 2.75) is 45.3 Å². The smallest absolute Gasteiger partial charge is 0.450 e. The lowest BCUT2D eigenvalue weighted by Gasteiger charge is -2.34. The molecule has 9 heteroatoms. The molecule has 1 aliphatic carbocycles. The molecule has 0 spiro atoms. The Morgan fingerprint density at radius 3 is 2.51 bits per heavy atom. The molecule has 186 valence electrons. The van der Waals surface area contributed by atoms with Crippen molar-refractivity contribution in [1.29, 1.82) is 0 Å². The van der Waals surface area contributed by atoms with Crippen LogP contribution in [0.15, 0.2) is 51.7 Å². The third-order valence-corrected chi connectivity index (χ3v) is 6.68. The van der Waals surface area contributed by atoms with Crippen molar-refractivity contribution in [1.82, 2.24) is 5.32 Å². The topological polar surface area (TPSA) is 68.5 Å². The summed E-state index contributed by atoms with van der Waals surface area (Å²) in [5.74, 6) is -1.55. The number of amides is 1. The standard InChI is InChI=1S/C26H25F4NO4/c1-14-4-3-5-20(15(14)2)31-22(32)13-34-18-10-11-19-21(12-18)35-25(26(28,29)30)23(24(19)33)16-6-8-17(27)9-7-16/h6-12,14-15,20H,3-5,13H2,1-2H3,(H,31,32)/t14-,15-,20+/m1/s1. The Bertz CT molecular complexity index is 1280. The van der Waals surface area contributed by atoms with Gasteiger partial charge in [0.05, 0.1) is 10.9 Å². The molecule has 0 bridgehead atoms. The second-order valence-electron chi connectivity index (χ2n) is 9.03. The molecule has 2 aromatic carbocycles. The largest absolute Gasteiger partial charge is 0.484 e. The number of carbonyl (C=O) groups is 1. The lowest BCUT2D eigenvalue weighted by atomic mass is 9.78. The summed E-state index contributed by atoms with van der Waals surface area (Å²) >= 11 is 0. The number of fused-ring (bicyclic) bond motifs is 1. The maximum absolute atomic E-state index is 13.8. The molecule has 1 N–H and O–H groups in total. The van der Waals surface area contributed by atoms with Crippen molar-refractivity contribution in [3.8, 4) is 16.9 Å². The molecule has 0 radical (unpaired) electrons. The number of carbonyl (C=O) groups excluding carboxylic acids is 1. The third kappa shape index (κ3) is 5.33. The number of hydrogen-bond donors (Lipinski definition) is 1. The van der Waals surface area contributed by atoms with Gasteiger partial charge < -0.3 is 14.5 Å². The van der Waals surface area contributed by atoms with E-state index in [4.69, 9.17) is 9.15 Å². The molecule has 0 unspecified atom stereocenters. The molecule has 35 heavy (non-hydrogen) atoms. The molecular formula is C26H25F4NO4. The predicted molar refractivity (Wildman–Crippen MR) is 122 cm³/mol. The SMILES string of the molecule is C[C@@H]1[C@H](C)CCC[C@@H]1NC(=O)COc1ccc2c(=O)c(-c3ccc(F)cc3)c(C(F)(F)F)oc2c1. The number of hydrogen-bond acceptors (Lipinski definition) is 4. The van der Waals surface area contributed by atoms with Crippen LogP contribution >= 0.6 is 0 Å². The van der Waals surface area contributed by atoms with Crippen LogP contribution in [-0.2, 0) is 11.0 Å². The quantitative estimate of drug-likeness (QED) is 0.449. The summed E-state index contributed by atoms with van der Waals surface area (Å²) in [4.78, 5) is 25.4. The van der Waals surface area contributed by atoms with Gasteiger partial charge in [0, 0.05) is 12.1 Å². The van der Waals surface area contributed by atoms with E-state index >= 15 is 0 Å². The van der Waals surface area contributed by atoms with E-state index < -0.39 is 28.7 Å². The van der Waals surface area contributed by atoms with E-state index in [9.17, 15) is 27.2 Å². The first-order valence-corrected chi connectivity index (χ1v) is 11.4. The van der Waals surface area contributed by atoms with Crippen LogP contribution in [0, 0.1) is 17.7 Å². The van der Waals surface area contributed by atoms with Crippen molar-refractivity contribution in [3.63, 3.8) is 0 Å². The van der Waals surface area contributed by atoms with Crippen LogP contribution < -0.4 is 15.5 Å². The predicted octanol–water partition coefficient (Wildman–Crippen LogP) is 5.94. The second kappa shape index (κ2) is 9.71. The van der Waals surface area contributed by atoms with Gasteiger partial charge in [-0.3, -0.25) is 9.59 Å². The molecule has 1 heterocycles. The Morgan fingerprint density at radius 1 is 1.11 bits per heavy atom. The highest BCUT2D eigenvalue weighted by Gasteiger charge is 2.39. The zero-order valence-electron chi connectivity index (χ0n) is 19.2. The van der Waals surface area contributed by atoms with Crippen LogP contribution in [0.2, 0.25) is 0 Å². The molecule has 0 aliphatic heterocycles. The Hall–Kier alpha value is -3.36. The summed E-state index contributed by atoms with van der Waals surface area (Å²) in [6.07, 6.45) is -1.94. The Labute approximate surface area is 199 Å². The second-order valence-corrected chi connectivity index (χ2v) is 9.03. The van der Waals surface area contributed by atoms with Crippen LogP contribution in [0.25, 0.3) is 22.1 Å². The molecule has 1 aromatic heterocycles. The van der Waals surface area contributed by atoms with Gasteiger partial charge in [-0.1, -0.05) is 38.8 Å². The highest BCUT2D eigenvalue weighted by atomic mass is 19.4. The molecule has 3 aromatic rings. The van der Waals surface area contributed by atoms with E-state index in [1.54, 1.807) is 0 Å². The van der Waals surface area contributed by atoms with E-state index in [0.29, 0.717) is 11.8 Å². The van der Waals surface area contributed by atoms with Gasteiger partial charge in [-0.15, -0.1) is 0 Å². The Kier molecular flexibility index (Phi) is 6.87. The van der Waals surface area contributed by atoms with Gasteiger partial charge in [0.2, 0.25) is 11.2 Å². The number of benzene rings is 2. The summed E-state index contributed by atoms with van der Waals surface area (Å²) in [7, 11) is 0. The third-order valence-electron chi connectivity index (χ3n) is 6.68. The minimum absolute atomic E-state index is 0.0451. The molecule has 1 amide bonds. The van der Waals surface area contributed by atoms with E-state index in [-0.39, 0.29) is 40.8 Å². The number of halogens is 4. The Morgan fingerprint density at radius 2 is 1.83 bits per heavy atom. The van der Waals surface area contributed by atoms with Crippen LogP contribution in [-0.4, -0.2) is 18.6 Å². The maximum atomic E-state index is 13.8. The van der Waals surface area contributed by atoms with Crippen LogP contribution in [0.5, 0.6) is 5.75 Å². The molecule has 1 aliphatic rings. The first-order chi connectivity index (χ1) is 16.5. The summed E-state index contributed by atoms with van der Waals surface area (Å²) in [6, 6.07) is 7.99. The van der Waals surface area contributed by atoms with Gasteiger partial charge in [0.1, 0.15) is 17.1 Å². The molecule has 1 fully saturated rings. The lowest BCUT2D eigenvalue weighted by molar-refractivity contribution is -0.152. The minimum Gasteiger partial charge on any atom is -0.484 e. The van der Waals surface area contributed by atoms with Gasteiger partial charge in [-0.05, 0) is 48.1 Å². The van der Waals surface area contributed by atoms with Crippen LogP contribution in [0.4, 0.5) is 17.6 Å². The van der Waals surface area contributed by atoms with Crippen molar-refractivity contribution >= 4 is 16.9 Å². The van der Waals surface area contributed by atoms with E-state index in [2.05, 4.69) is 19.2 Å². The van der Waals surface area contributed by atoms with Crippen molar-refractivity contribution in [2.24, 2.45) is 11.8 Å². The van der Waals surface area contributed by atoms with Crippen LogP contribution in [0.1, 0.15) is 38.9 Å². The number of rotatable bonds is 5. The monoisotopic (exact) mass is 491 g/mol. The van der Waals surface area contributed by atoms with E-state index in [0.717, 1.165) is 49.6 Å². The zero-order chi connectivity index (χ0) is 25.3. The average molecular weight is 491 g/mol. The fourth-order valence-corrected chi connectivity index (χ4v) is 4.52. The summed E-state index contributed by atoms with van der Waals surface area (Å²) in [6.45, 7) is 3.92. The maximum Gasteiger partial charge on any atom is 0.450 e. The van der Waals surface area contributed by atoms with Crippen molar-refractivity contribution in [2.75, 3.05) is 6.61 Å². The normalized spacial score (nSPS) is 20.6. The molecule has 3 atom stereocenters. The average Bonchev–Trinajstić information content (AvgIpc) is 2.80. The van der Waals surface area contributed by atoms with Gasteiger partial charge in [-0.25, -0.2) is 4.39 Å². The Balaban J connectivity index is 1.59. The first-order valence-electron chi connectivity index (χ1n) is 11.4. The van der Waals surface area contributed by atoms with Gasteiger partial charge in [-0.2, -0.15) is 13.2 Å². The highest BCUT2D eigenvalue weighted by molar-refractivity contribution is 5.84.